The van der Waals surface area contributed by atoms with Crippen molar-refractivity contribution in [3.8, 4) is 0 Å². The van der Waals surface area contributed by atoms with Crippen molar-refractivity contribution in [1.82, 2.24) is 9.80 Å². The van der Waals surface area contributed by atoms with Gasteiger partial charge >= 0.3 is 0 Å². The summed E-state index contributed by atoms with van der Waals surface area (Å²) in [5.74, 6) is 0.256. The van der Waals surface area contributed by atoms with Crippen molar-refractivity contribution in [3.05, 3.63) is 0 Å². The maximum absolute atomic E-state index is 11.9. The third-order valence-corrected chi connectivity index (χ3v) is 3.27. The van der Waals surface area contributed by atoms with Crippen LogP contribution in [0.25, 0.3) is 0 Å². The van der Waals surface area contributed by atoms with E-state index in [1.807, 2.05) is 13.8 Å². The van der Waals surface area contributed by atoms with Crippen molar-refractivity contribution in [3.63, 3.8) is 0 Å². The number of nitrogens with zero attached hydrogens (tertiary/aromatic N) is 2. The molecule has 0 aliphatic carbocycles. The second kappa shape index (κ2) is 3.26. The molecule has 2 amide bonds. The molecule has 2 aliphatic rings. The minimum atomic E-state index is -0.262. The maximum Gasteiger partial charge on any atom is 0.246 e. The van der Waals surface area contributed by atoms with E-state index in [2.05, 4.69) is 0 Å². The quantitative estimate of drug-likeness (QED) is 0.602. The van der Waals surface area contributed by atoms with Crippen molar-refractivity contribution in [2.75, 3.05) is 13.1 Å². The number of carbonyl (C=O) groups excluding carboxylic acids is 2. The standard InChI is InChI=1S/C10H16N2O2/c1-3-11-7(2)9(13)12-6-4-5-8(12)10(11)14/h7-8H,3-6H2,1-2H3. The molecule has 0 radical (unpaired) electrons. The van der Waals surface area contributed by atoms with Gasteiger partial charge in [-0.25, -0.2) is 0 Å². The van der Waals surface area contributed by atoms with Crippen LogP contribution >= 0.6 is 0 Å². The lowest BCUT2D eigenvalue weighted by Crippen LogP contribution is -2.61. The summed E-state index contributed by atoms with van der Waals surface area (Å²) in [5, 5.41) is 0. The molecule has 0 saturated carbocycles. The fraction of sp³-hybridized carbons (Fsp3) is 0.800. The smallest absolute Gasteiger partial charge is 0.246 e. The van der Waals surface area contributed by atoms with Crippen LogP contribution in [0.5, 0.6) is 0 Å². The van der Waals surface area contributed by atoms with Crippen LogP contribution in [0, 0.1) is 0 Å². The molecule has 2 rings (SSSR count). The third-order valence-electron chi connectivity index (χ3n) is 3.27. The SMILES string of the molecule is CCN1C(=O)C2CCCN2C(=O)C1C. The molecule has 0 aromatic carbocycles. The molecule has 2 aliphatic heterocycles. The van der Waals surface area contributed by atoms with E-state index in [1.54, 1.807) is 9.80 Å². The molecule has 0 bridgehead atoms. The molecule has 4 nitrogen and oxygen atoms in total. The van der Waals surface area contributed by atoms with Crippen molar-refractivity contribution < 1.29 is 9.59 Å². The Labute approximate surface area is 83.9 Å². The number of amides is 2. The largest absolute Gasteiger partial charge is 0.329 e. The van der Waals surface area contributed by atoms with E-state index in [0.717, 1.165) is 19.4 Å². The van der Waals surface area contributed by atoms with Gasteiger partial charge in [-0.2, -0.15) is 0 Å². The summed E-state index contributed by atoms with van der Waals surface area (Å²) in [6, 6.07) is -0.416. The molecule has 0 N–H and O–H groups in total. The molecule has 2 unspecified atom stereocenters. The van der Waals surface area contributed by atoms with Gasteiger partial charge in [0.25, 0.3) is 0 Å². The average molecular weight is 196 g/mol. The molecular formula is C10H16N2O2. The number of hydrogen-bond donors (Lipinski definition) is 0. The summed E-state index contributed by atoms with van der Waals surface area (Å²) >= 11 is 0. The summed E-state index contributed by atoms with van der Waals surface area (Å²) in [6.07, 6.45) is 1.81. The molecule has 2 atom stereocenters. The van der Waals surface area contributed by atoms with E-state index in [9.17, 15) is 9.59 Å². The Morgan fingerprint density at radius 3 is 2.71 bits per heavy atom. The van der Waals surface area contributed by atoms with Crippen molar-refractivity contribution in [2.45, 2.75) is 38.8 Å². The highest BCUT2D eigenvalue weighted by Gasteiger charge is 2.45. The minimum Gasteiger partial charge on any atom is -0.329 e. The lowest BCUT2D eigenvalue weighted by molar-refractivity contribution is -0.158. The molecule has 2 heterocycles. The Hall–Kier alpha value is -1.06. The molecule has 0 aromatic heterocycles. The minimum absolute atomic E-state index is 0.119. The number of carbonyl (C=O) groups is 2. The van der Waals surface area contributed by atoms with Crippen LogP contribution in [0.1, 0.15) is 26.7 Å². The van der Waals surface area contributed by atoms with Crippen LogP contribution in [0.4, 0.5) is 0 Å². The number of hydrogen-bond acceptors (Lipinski definition) is 2. The van der Waals surface area contributed by atoms with Gasteiger partial charge in [0.15, 0.2) is 0 Å². The first-order valence-electron chi connectivity index (χ1n) is 5.27. The lowest BCUT2D eigenvalue weighted by atomic mass is 10.1. The third kappa shape index (κ3) is 1.13. The molecule has 2 saturated heterocycles. The van der Waals surface area contributed by atoms with Gasteiger partial charge in [0.05, 0.1) is 0 Å². The first-order chi connectivity index (χ1) is 6.66. The fourth-order valence-electron chi connectivity index (χ4n) is 2.47. The van der Waals surface area contributed by atoms with E-state index >= 15 is 0 Å². The van der Waals surface area contributed by atoms with Crippen molar-refractivity contribution >= 4 is 11.8 Å². The summed E-state index contributed by atoms with van der Waals surface area (Å²) in [7, 11) is 0. The predicted octanol–water partition coefficient (Wildman–Crippen LogP) is 0.228. The number of fused-ring (bicyclic) bond motifs is 1. The van der Waals surface area contributed by atoms with E-state index in [1.165, 1.54) is 0 Å². The number of rotatable bonds is 1. The monoisotopic (exact) mass is 196 g/mol. The molecular weight excluding hydrogens is 180 g/mol. The molecule has 0 aromatic rings. The summed E-state index contributed by atoms with van der Waals surface area (Å²) in [4.78, 5) is 27.2. The number of piperazine rings is 1. The first-order valence-corrected chi connectivity index (χ1v) is 5.27. The highest BCUT2D eigenvalue weighted by atomic mass is 16.2. The topological polar surface area (TPSA) is 40.6 Å². The zero-order valence-electron chi connectivity index (χ0n) is 8.69. The maximum atomic E-state index is 11.9. The summed E-state index contributed by atoms with van der Waals surface area (Å²) < 4.78 is 0. The molecule has 4 heteroatoms. The highest BCUT2D eigenvalue weighted by molar-refractivity contribution is 5.97. The zero-order chi connectivity index (χ0) is 10.3. The summed E-state index contributed by atoms with van der Waals surface area (Å²) in [6.45, 7) is 5.14. The van der Waals surface area contributed by atoms with Gasteiger partial charge < -0.3 is 9.80 Å². The second-order valence-corrected chi connectivity index (χ2v) is 3.99. The van der Waals surface area contributed by atoms with Crippen LogP contribution in [0.15, 0.2) is 0 Å². The molecule has 2 fully saturated rings. The Kier molecular flexibility index (Phi) is 2.21. The highest BCUT2D eigenvalue weighted by Crippen LogP contribution is 2.26. The number of likely N-dealkylation sites (N-methyl/N-ethyl adjacent to an activating group) is 1. The van der Waals surface area contributed by atoms with Crippen LogP contribution < -0.4 is 0 Å². The van der Waals surface area contributed by atoms with Crippen LogP contribution in [0.3, 0.4) is 0 Å². The first kappa shape index (κ1) is 9.49. The van der Waals surface area contributed by atoms with Gasteiger partial charge in [-0.3, -0.25) is 9.59 Å². The van der Waals surface area contributed by atoms with Gasteiger partial charge in [-0.05, 0) is 26.7 Å². The van der Waals surface area contributed by atoms with Gasteiger partial charge in [0, 0.05) is 13.1 Å². The lowest BCUT2D eigenvalue weighted by Gasteiger charge is -2.40. The van der Waals surface area contributed by atoms with Gasteiger partial charge in [0.2, 0.25) is 11.8 Å². The molecule has 14 heavy (non-hydrogen) atoms. The average Bonchev–Trinajstić information content (AvgIpc) is 2.64. The fourth-order valence-corrected chi connectivity index (χ4v) is 2.47. The summed E-state index contributed by atoms with van der Waals surface area (Å²) in [5.41, 5.74) is 0. The van der Waals surface area contributed by atoms with E-state index in [4.69, 9.17) is 0 Å². The second-order valence-electron chi connectivity index (χ2n) is 3.99. The Bertz CT molecular complexity index is 273. The Balaban J connectivity index is 2.27. The van der Waals surface area contributed by atoms with Crippen molar-refractivity contribution in [2.24, 2.45) is 0 Å². The van der Waals surface area contributed by atoms with Crippen molar-refractivity contribution in [1.29, 1.82) is 0 Å². The van der Waals surface area contributed by atoms with Gasteiger partial charge in [-0.15, -0.1) is 0 Å². The van der Waals surface area contributed by atoms with Crippen LogP contribution in [0.2, 0.25) is 0 Å². The molecule has 0 spiro atoms. The van der Waals surface area contributed by atoms with E-state index in [0.29, 0.717) is 6.54 Å². The Morgan fingerprint density at radius 1 is 1.36 bits per heavy atom. The molecule has 78 valence electrons. The predicted molar refractivity (Wildman–Crippen MR) is 51.6 cm³/mol. The Morgan fingerprint density at radius 2 is 2.07 bits per heavy atom. The van der Waals surface area contributed by atoms with E-state index < -0.39 is 0 Å². The van der Waals surface area contributed by atoms with Crippen LogP contribution in [-0.4, -0.2) is 46.8 Å². The van der Waals surface area contributed by atoms with Crippen LogP contribution in [-0.2, 0) is 9.59 Å². The van der Waals surface area contributed by atoms with Gasteiger partial charge in [-0.1, -0.05) is 0 Å². The normalized spacial score (nSPS) is 32.4. The van der Waals surface area contributed by atoms with Gasteiger partial charge in [0.1, 0.15) is 12.1 Å². The van der Waals surface area contributed by atoms with E-state index in [-0.39, 0.29) is 23.9 Å². The zero-order valence-corrected chi connectivity index (χ0v) is 8.69.